The van der Waals surface area contributed by atoms with Gasteiger partial charge in [0.25, 0.3) is 0 Å². The first-order valence-electron chi connectivity index (χ1n) is 5.60. The highest BCUT2D eigenvalue weighted by atomic mass is 79.9. The number of nitrogens with zero attached hydrogens (tertiary/aromatic N) is 1. The summed E-state index contributed by atoms with van der Waals surface area (Å²) in [5, 5.41) is 1.95. The topological polar surface area (TPSA) is 80.5 Å². The van der Waals surface area contributed by atoms with Gasteiger partial charge in [0.2, 0.25) is 5.91 Å². The summed E-state index contributed by atoms with van der Waals surface area (Å²) in [6.45, 7) is 0.466. The van der Waals surface area contributed by atoms with Crippen LogP contribution >= 0.6 is 27.3 Å². The molecule has 19 heavy (non-hydrogen) atoms. The molecule has 2 N–H and O–H groups in total. The highest BCUT2D eigenvalue weighted by Gasteiger charge is 2.20. The van der Waals surface area contributed by atoms with E-state index in [1.165, 1.54) is 4.90 Å². The molecule has 0 fully saturated rings. The summed E-state index contributed by atoms with van der Waals surface area (Å²) >= 11 is 4.91. The Balaban J connectivity index is 2.52. The number of thiophene rings is 1. The predicted molar refractivity (Wildman–Crippen MR) is 80.8 cm³/mol. The minimum atomic E-state index is -3.09. The van der Waals surface area contributed by atoms with Crippen LogP contribution in [0.2, 0.25) is 0 Å². The second kappa shape index (κ2) is 6.83. The molecule has 1 atom stereocenters. The Morgan fingerprint density at radius 1 is 1.58 bits per heavy atom. The number of rotatable bonds is 6. The van der Waals surface area contributed by atoms with Gasteiger partial charge in [0.1, 0.15) is 9.84 Å². The van der Waals surface area contributed by atoms with Gasteiger partial charge in [0.05, 0.1) is 15.6 Å². The zero-order valence-electron chi connectivity index (χ0n) is 10.8. The van der Waals surface area contributed by atoms with Crippen LogP contribution in [0, 0.1) is 0 Å². The summed E-state index contributed by atoms with van der Waals surface area (Å²) < 4.78 is 23.1. The third-order valence-corrected chi connectivity index (χ3v) is 5.07. The van der Waals surface area contributed by atoms with Crippen LogP contribution in [0.25, 0.3) is 0 Å². The number of halogens is 1. The molecule has 1 aromatic heterocycles. The molecule has 0 aromatic carbocycles. The van der Waals surface area contributed by atoms with Crippen molar-refractivity contribution in [3.8, 4) is 0 Å². The van der Waals surface area contributed by atoms with Gasteiger partial charge in [-0.15, -0.1) is 11.3 Å². The van der Waals surface area contributed by atoms with Gasteiger partial charge in [0, 0.05) is 19.8 Å². The van der Waals surface area contributed by atoms with Crippen LogP contribution in [0.15, 0.2) is 15.2 Å². The molecular formula is C11H17BrN2O3S2. The third kappa shape index (κ3) is 6.03. The average Bonchev–Trinajstić information content (AvgIpc) is 2.69. The molecule has 0 radical (unpaired) electrons. The molecule has 8 heteroatoms. The standard InChI is InChI=1S/C11H17BrN2O3S2/c1-14(6-8-5-10(12)18-7-8)11(15)9(13)3-4-19(2,16)17/h5,7,9H,3-4,6,13H2,1-2H3. The SMILES string of the molecule is CN(Cc1csc(Br)c1)C(=O)C(N)CCS(C)(=O)=O. The Morgan fingerprint density at radius 2 is 2.21 bits per heavy atom. The van der Waals surface area contributed by atoms with Gasteiger partial charge < -0.3 is 10.6 Å². The van der Waals surface area contributed by atoms with Gasteiger partial charge in [-0.1, -0.05) is 0 Å². The molecule has 0 saturated heterocycles. The Kier molecular flexibility index (Phi) is 5.97. The van der Waals surface area contributed by atoms with E-state index in [0.717, 1.165) is 15.6 Å². The van der Waals surface area contributed by atoms with Gasteiger partial charge in [-0.3, -0.25) is 4.79 Å². The molecule has 108 valence electrons. The fourth-order valence-electron chi connectivity index (χ4n) is 1.53. The largest absolute Gasteiger partial charge is 0.340 e. The van der Waals surface area contributed by atoms with E-state index < -0.39 is 15.9 Å². The van der Waals surface area contributed by atoms with Crippen LogP contribution in [-0.4, -0.2) is 44.3 Å². The van der Waals surface area contributed by atoms with Crippen LogP contribution in [0.1, 0.15) is 12.0 Å². The second-order valence-electron chi connectivity index (χ2n) is 4.48. The first-order valence-corrected chi connectivity index (χ1v) is 9.33. The zero-order valence-corrected chi connectivity index (χ0v) is 14.0. The molecule has 0 saturated carbocycles. The van der Waals surface area contributed by atoms with Crippen LogP contribution in [0.3, 0.4) is 0 Å². The summed E-state index contributed by atoms with van der Waals surface area (Å²) in [5.74, 6) is -0.316. The van der Waals surface area contributed by atoms with Crippen molar-refractivity contribution in [2.24, 2.45) is 5.73 Å². The molecule has 1 rings (SSSR count). The number of hydrogen-bond donors (Lipinski definition) is 1. The fraction of sp³-hybridized carbons (Fsp3) is 0.545. The van der Waals surface area contributed by atoms with E-state index in [0.29, 0.717) is 6.54 Å². The van der Waals surface area contributed by atoms with Crippen molar-refractivity contribution in [3.63, 3.8) is 0 Å². The molecule has 0 aliphatic carbocycles. The number of sulfone groups is 1. The Hall–Kier alpha value is -0.440. The Morgan fingerprint density at radius 3 is 2.68 bits per heavy atom. The van der Waals surface area contributed by atoms with Crippen LogP contribution in [0.4, 0.5) is 0 Å². The van der Waals surface area contributed by atoms with E-state index in [1.807, 2.05) is 11.4 Å². The summed E-state index contributed by atoms with van der Waals surface area (Å²) in [6.07, 6.45) is 1.28. The van der Waals surface area contributed by atoms with E-state index in [2.05, 4.69) is 15.9 Å². The fourth-order valence-corrected chi connectivity index (χ4v) is 3.41. The van der Waals surface area contributed by atoms with Crippen LogP contribution in [0.5, 0.6) is 0 Å². The molecule has 5 nitrogen and oxygen atoms in total. The number of carbonyl (C=O) groups excluding carboxylic acids is 1. The second-order valence-corrected chi connectivity index (χ2v) is 9.03. The van der Waals surface area contributed by atoms with E-state index in [4.69, 9.17) is 5.73 Å². The van der Waals surface area contributed by atoms with E-state index >= 15 is 0 Å². The van der Waals surface area contributed by atoms with Crippen molar-refractivity contribution in [3.05, 3.63) is 20.8 Å². The monoisotopic (exact) mass is 368 g/mol. The molecule has 1 amide bonds. The minimum Gasteiger partial charge on any atom is -0.340 e. The van der Waals surface area contributed by atoms with Gasteiger partial charge in [-0.25, -0.2) is 8.42 Å². The van der Waals surface area contributed by atoms with Crippen molar-refractivity contribution in [1.29, 1.82) is 0 Å². The van der Waals surface area contributed by atoms with Gasteiger partial charge in [-0.2, -0.15) is 0 Å². The predicted octanol–water partition coefficient (Wildman–Crippen LogP) is 1.23. The van der Waals surface area contributed by atoms with Crippen molar-refractivity contribution in [2.75, 3.05) is 19.1 Å². The zero-order chi connectivity index (χ0) is 14.6. The minimum absolute atomic E-state index is 0.0717. The summed E-state index contributed by atoms with van der Waals surface area (Å²) in [5.41, 5.74) is 6.74. The lowest BCUT2D eigenvalue weighted by Gasteiger charge is -2.20. The number of amides is 1. The lowest BCUT2D eigenvalue weighted by molar-refractivity contribution is -0.131. The highest BCUT2D eigenvalue weighted by molar-refractivity contribution is 9.11. The number of likely N-dealkylation sites (N-methyl/N-ethyl adjacent to an activating group) is 1. The van der Waals surface area contributed by atoms with E-state index in [-0.39, 0.29) is 18.1 Å². The normalized spacial score (nSPS) is 13.3. The number of carbonyl (C=O) groups is 1. The Labute approximate surface area is 125 Å². The molecule has 0 spiro atoms. The van der Waals surface area contributed by atoms with Gasteiger partial charge in [-0.05, 0) is 39.4 Å². The smallest absolute Gasteiger partial charge is 0.239 e. The number of nitrogens with two attached hydrogens (primary N) is 1. The number of hydrogen-bond acceptors (Lipinski definition) is 5. The first-order chi connectivity index (χ1) is 8.69. The van der Waals surface area contributed by atoms with E-state index in [1.54, 1.807) is 18.4 Å². The first kappa shape index (κ1) is 16.6. The quantitative estimate of drug-likeness (QED) is 0.818. The molecule has 1 aromatic rings. The lowest BCUT2D eigenvalue weighted by Crippen LogP contribution is -2.42. The maximum Gasteiger partial charge on any atom is 0.239 e. The molecular weight excluding hydrogens is 352 g/mol. The van der Waals surface area contributed by atoms with Gasteiger partial charge >= 0.3 is 0 Å². The van der Waals surface area contributed by atoms with E-state index in [9.17, 15) is 13.2 Å². The van der Waals surface area contributed by atoms with Gasteiger partial charge in [0.15, 0.2) is 0 Å². The molecule has 1 heterocycles. The van der Waals surface area contributed by atoms with Crippen LogP contribution < -0.4 is 5.73 Å². The maximum atomic E-state index is 12.0. The van der Waals surface area contributed by atoms with Crippen molar-refractivity contribution >= 4 is 43.0 Å². The van der Waals surface area contributed by atoms with Crippen molar-refractivity contribution in [2.45, 2.75) is 19.0 Å². The average molecular weight is 369 g/mol. The third-order valence-electron chi connectivity index (χ3n) is 2.53. The highest BCUT2D eigenvalue weighted by Crippen LogP contribution is 2.21. The summed E-state index contributed by atoms with van der Waals surface area (Å²) in [6, 6.07) is 1.16. The molecule has 0 aliphatic heterocycles. The summed E-state index contributed by atoms with van der Waals surface area (Å²) in [7, 11) is -1.43. The Bertz CT molecular complexity index is 542. The van der Waals surface area contributed by atoms with Crippen molar-refractivity contribution < 1.29 is 13.2 Å². The van der Waals surface area contributed by atoms with Crippen molar-refractivity contribution in [1.82, 2.24) is 4.90 Å². The molecule has 0 aliphatic rings. The molecule has 0 bridgehead atoms. The molecule has 1 unspecified atom stereocenters. The lowest BCUT2D eigenvalue weighted by atomic mass is 10.2. The summed E-state index contributed by atoms with van der Waals surface area (Å²) in [4.78, 5) is 13.5. The van der Waals surface area contributed by atoms with Crippen LogP contribution in [-0.2, 0) is 21.2 Å². The maximum absolute atomic E-state index is 12.0.